The van der Waals surface area contributed by atoms with Crippen molar-refractivity contribution < 1.29 is 19.0 Å². The van der Waals surface area contributed by atoms with Crippen LogP contribution in [0.1, 0.15) is 12.5 Å². The van der Waals surface area contributed by atoms with E-state index in [-0.39, 0.29) is 12.5 Å². The average Bonchev–Trinajstić information content (AvgIpc) is 2.47. The first-order valence-corrected chi connectivity index (χ1v) is 7.00. The predicted octanol–water partition coefficient (Wildman–Crippen LogP) is 0.946. The van der Waals surface area contributed by atoms with Gasteiger partial charge in [-0.1, -0.05) is 12.1 Å². The fraction of sp³-hybridized carbons (Fsp3) is 0.533. The summed E-state index contributed by atoms with van der Waals surface area (Å²) >= 11 is 0. The molecule has 6 nitrogen and oxygen atoms in total. The third-order valence-electron chi connectivity index (χ3n) is 2.70. The van der Waals surface area contributed by atoms with Gasteiger partial charge in [0.05, 0.1) is 13.2 Å². The minimum absolute atomic E-state index is 0.0511. The first-order chi connectivity index (χ1) is 10.2. The zero-order valence-electron chi connectivity index (χ0n) is 12.9. The molecule has 2 N–H and O–H groups in total. The van der Waals surface area contributed by atoms with Gasteiger partial charge in [0.2, 0.25) is 0 Å². The summed E-state index contributed by atoms with van der Waals surface area (Å²) in [6.07, 6.45) is 0. The minimum Gasteiger partial charge on any atom is -0.490 e. The highest BCUT2D eigenvalue weighted by atomic mass is 16.5. The minimum atomic E-state index is -0.186. The lowest BCUT2D eigenvalue weighted by Crippen LogP contribution is -2.31. The number of methoxy groups -OCH3 is 1. The molecule has 0 atom stereocenters. The first-order valence-electron chi connectivity index (χ1n) is 7.00. The average molecular weight is 296 g/mol. The second kappa shape index (κ2) is 10.0. The van der Waals surface area contributed by atoms with Gasteiger partial charge >= 0.3 is 0 Å². The molecule has 0 fully saturated rings. The molecular formula is C15H24N2O4. The number of nitrogens with one attached hydrogen (secondary N) is 2. The molecule has 0 bridgehead atoms. The quantitative estimate of drug-likeness (QED) is 0.629. The van der Waals surface area contributed by atoms with Crippen LogP contribution in [0, 0.1) is 0 Å². The molecule has 1 rings (SSSR count). The molecule has 1 aromatic carbocycles. The Bertz CT molecular complexity index is 413. The van der Waals surface area contributed by atoms with Crippen LogP contribution >= 0.6 is 0 Å². The van der Waals surface area contributed by atoms with Crippen molar-refractivity contribution in [2.45, 2.75) is 13.5 Å². The van der Waals surface area contributed by atoms with Gasteiger partial charge < -0.3 is 24.8 Å². The van der Waals surface area contributed by atoms with Crippen LogP contribution in [0.3, 0.4) is 0 Å². The molecule has 0 aliphatic rings. The van der Waals surface area contributed by atoms with Crippen molar-refractivity contribution in [2.24, 2.45) is 0 Å². The molecule has 0 aliphatic carbocycles. The number of para-hydroxylation sites is 1. The normalized spacial score (nSPS) is 10.2. The first kappa shape index (κ1) is 17.3. The van der Waals surface area contributed by atoms with Gasteiger partial charge in [0.15, 0.2) is 18.1 Å². The van der Waals surface area contributed by atoms with E-state index in [1.165, 1.54) is 0 Å². The van der Waals surface area contributed by atoms with Crippen LogP contribution in [-0.4, -0.2) is 46.4 Å². The summed E-state index contributed by atoms with van der Waals surface area (Å²) in [4.78, 5) is 11.7. The van der Waals surface area contributed by atoms with Crippen LogP contribution in [0.4, 0.5) is 0 Å². The fourth-order valence-electron chi connectivity index (χ4n) is 1.81. The Morgan fingerprint density at radius 2 is 2.10 bits per heavy atom. The van der Waals surface area contributed by atoms with Crippen LogP contribution in [0.2, 0.25) is 0 Å². The fourth-order valence-corrected chi connectivity index (χ4v) is 1.81. The Morgan fingerprint density at radius 1 is 1.29 bits per heavy atom. The number of hydrogen-bond acceptors (Lipinski definition) is 5. The Morgan fingerprint density at radius 3 is 2.76 bits per heavy atom. The van der Waals surface area contributed by atoms with Crippen molar-refractivity contribution in [2.75, 3.05) is 40.5 Å². The molecule has 0 aliphatic heterocycles. The van der Waals surface area contributed by atoms with Gasteiger partial charge in [0.25, 0.3) is 5.91 Å². The lowest BCUT2D eigenvalue weighted by atomic mass is 10.2. The summed E-state index contributed by atoms with van der Waals surface area (Å²) < 4.78 is 16.1. The maximum atomic E-state index is 11.7. The molecule has 118 valence electrons. The molecule has 0 heterocycles. The van der Waals surface area contributed by atoms with Gasteiger partial charge in [0, 0.05) is 25.8 Å². The zero-order valence-corrected chi connectivity index (χ0v) is 12.9. The zero-order chi connectivity index (χ0) is 15.5. The summed E-state index contributed by atoms with van der Waals surface area (Å²) in [6, 6.07) is 5.68. The molecular weight excluding hydrogens is 272 g/mol. The highest BCUT2D eigenvalue weighted by molar-refractivity contribution is 5.77. The molecule has 0 saturated carbocycles. The maximum Gasteiger partial charge on any atom is 0.258 e. The van der Waals surface area contributed by atoms with E-state index in [1.807, 2.05) is 32.2 Å². The second-order valence-corrected chi connectivity index (χ2v) is 4.34. The standard InChI is InChI=1S/C15H24N2O4/c1-4-20-13-7-5-6-12(10-16-2)15(13)21-11-14(18)17-8-9-19-3/h5-7,16H,4,8-11H2,1-3H3,(H,17,18). The highest BCUT2D eigenvalue weighted by Crippen LogP contribution is 2.31. The Hall–Kier alpha value is -1.79. The van der Waals surface area contributed by atoms with Crippen molar-refractivity contribution in [1.82, 2.24) is 10.6 Å². The monoisotopic (exact) mass is 296 g/mol. The molecule has 0 radical (unpaired) electrons. The van der Waals surface area contributed by atoms with Crippen LogP contribution in [0.15, 0.2) is 18.2 Å². The van der Waals surface area contributed by atoms with Gasteiger partial charge in [-0.2, -0.15) is 0 Å². The van der Waals surface area contributed by atoms with Gasteiger partial charge in [0.1, 0.15) is 0 Å². The smallest absolute Gasteiger partial charge is 0.258 e. The molecule has 0 aromatic heterocycles. The number of hydrogen-bond donors (Lipinski definition) is 2. The topological polar surface area (TPSA) is 68.8 Å². The molecule has 1 aromatic rings. The van der Waals surface area contributed by atoms with Crippen molar-refractivity contribution in [1.29, 1.82) is 0 Å². The Labute approximate surface area is 125 Å². The van der Waals surface area contributed by atoms with E-state index in [4.69, 9.17) is 14.2 Å². The Balaban J connectivity index is 2.68. The molecule has 6 heteroatoms. The number of rotatable bonds is 10. The summed E-state index contributed by atoms with van der Waals surface area (Å²) in [7, 11) is 3.44. The summed E-state index contributed by atoms with van der Waals surface area (Å²) in [5.74, 6) is 1.07. The lowest BCUT2D eigenvalue weighted by Gasteiger charge is -2.15. The van der Waals surface area contributed by atoms with Crippen molar-refractivity contribution in [3.63, 3.8) is 0 Å². The number of amides is 1. The third kappa shape index (κ3) is 6.01. The molecule has 21 heavy (non-hydrogen) atoms. The van der Waals surface area contributed by atoms with E-state index >= 15 is 0 Å². The largest absolute Gasteiger partial charge is 0.490 e. The van der Waals surface area contributed by atoms with E-state index in [2.05, 4.69) is 10.6 Å². The second-order valence-electron chi connectivity index (χ2n) is 4.34. The van der Waals surface area contributed by atoms with Gasteiger partial charge in [-0.15, -0.1) is 0 Å². The van der Waals surface area contributed by atoms with Gasteiger partial charge in [-0.05, 0) is 20.0 Å². The van der Waals surface area contributed by atoms with Crippen molar-refractivity contribution >= 4 is 5.91 Å². The van der Waals surface area contributed by atoms with Crippen LogP contribution in [-0.2, 0) is 16.1 Å². The van der Waals surface area contributed by atoms with E-state index < -0.39 is 0 Å². The van der Waals surface area contributed by atoms with Crippen LogP contribution in [0.5, 0.6) is 11.5 Å². The molecule has 0 spiro atoms. The summed E-state index contributed by atoms with van der Waals surface area (Å²) in [6.45, 7) is 3.99. The highest BCUT2D eigenvalue weighted by Gasteiger charge is 2.12. The van der Waals surface area contributed by atoms with E-state index in [0.717, 1.165) is 5.56 Å². The van der Waals surface area contributed by atoms with Crippen molar-refractivity contribution in [3.05, 3.63) is 23.8 Å². The Kier molecular flexibility index (Phi) is 8.23. The SMILES string of the molecule is CCOc1cccc(CNC)c1OCC(=O)NCCOC. The molecule has 0 saturated heterocycles. The van der Waals surface area contributed by atoms with Crippen LogP contribution < -0.4 is 20.1 Å². The van der Waals surface area contributed by atoms with Gasteiger partial charge in [-0.25, -0.2) is 0 Å². The van der Waals surface area contributed by atoms with Gasteiger partial charge in [-0.3, -0.25) is 4.79 Å². The number of carbonyl (C=O) groups excluding carboxylic acids is 1. The summed E-state index contributed by atoms with van der Waals surface area (Å²) in [5, 5.41) is 5.78. The van der Waals surface area contributed by atoms with E-state index in [0.29, 0.717) is 37.8 Å². The molecule has 1 amide bonds. The van der Waals surface area contributed by atoms with Crippen molar-refractivity contribution in [3.8, 4) is 11.5 Å². The number of ether oxygens (including phenoxy) is 3. The summed E-state index contributed by atoms with van der Waals surface area (Å²) in [5.41, 5.74) is 0.952. The number of benzene rings is 1. The number of carbonyl (C=O) groups is 1. The van der Waals surface area contributed by atoms with E-state index in [9.17, 15) is 4.79 Å². The third-order valence-corrected chi connectivity index (χ3v) is 2.70. The maximum absolute atomic E-state index is 11.7. The lowest BCUT2D eigenvalue weighted by molar-refractivity contribution is -0.123. The van der Waals surface area contributed by atoms with E-state index in [1.54, 1.807) is 7.11 Å². The van der Waals surface area contributed by atoms with Crippen LogP contribution in [0.25, 0.3) is 0 Å². The molecule has 0 unspecified atom stereocenters. The predicted molar refractivity (Wildman–Crippen MR) is 80.8 cm³/mol.